The number of hydrogen-bond donors (Lipinski definition) is 3. The minimum atomic E-state index is 0.529. The Morgan fingerprint density at radius 1 is 1.06 bits per heavy atom. The van der Waals surface area contributed by atoms with Crippen LogP contribution in [-0.4, -0.2) is 9.97 Å². The average molecular weight is 229 g/mol. The Kier molecular flexibility index (Phi) is 3.20. The van der Waals surface area contributed by atoms with Crippen molar-refractivity contribution in [2.45, 2.75) is 13.8 Å². The number of hydrogen-bond acceptors (Lipinski definition) is 5. The number of nitrogens with one attached hydrogen (secondary N) is 2. The van der Waals surface area contributed by atoms with Crippen LogP contribution in [0.15, 0.2) is 30.3 Å². The molecule has 0 spiro atoms. The van der Waals surface area contributed by atoms with E-state index in [1.165, 1.54) is 5.56 Å². The number of aryl methyl sites for hydroxylation is 2. The summed E-state index contributed by atoms with van der Waals surface area (Å²) < 4.78 is 0. The standard InChI is InChI=1S/C12H15N5/c1-8-3-5-10(6-4-8)15-12-14-9(2)7-11(16-12)17-13/h3-7H,13H2,1-2H3,(H2,14,15,16,17). The number of nitrogen functional groups attached to an aromatic ring is 1. The van der Waals surface area contributed by atoms with Gasteiger partial charge in [-0.2, -0.15) is 4.98 Å². The Bertz CT molecular complexity index is 507. The molecule has 0 fully saturated rings. The fraction of sp³-hybridized carbons (Fsp3) is 0.167. The lowest BCUT2D eigenvalue weighted by Gasteiger charge is -2.07. The highest BCUT2D eigenvalue weighted by Crippen LogP contribution is 2.15. The Morgan fingerprint density at radius 2 is 1.76 bits per heavy atom. The quantitative estimate of drug-likeness (QED) is 0.555. The molecule has 0 radical (unpaired) electrons. The molecule has 0 saturated carbocycles. The molecular formula is C12H15N5. The summed E-state index contributed by atoms with van der Waals surface area (Å²) in [4.78, 5) is 8.49. The monoisotopic (exact) mass is 229 g/mol. The van der Waals surface area contributed by atoms with E-state index in [2.05, 4.69) is 20.7 Å². The van der Waals surface area contributed by atoms with E-state index < -0.39 is 0 Å². The van der Waals surface area contributed by atoms with Crippen molar-refractivity contribution in [3.05, 3.63) is 41.6 Å². The molecule has 0 saturated heterocycles. The van der Waals surface area contributed by atoms with Crippen molar-refractivity contribution in [3.8, 4) is 0 Å². The van der Waals surface area contributed by atoms with Crippen molar-refractivity contribution in [2.75, 3.05) is 10.7 Å². The van der Waals surface area contributed by atoms with Crippen LogP contribution in [0.1, 0.15) is 11.3 Å². The number of hydrazine groups is 1. The van der Waals surface area contributed by atoms with Crippen molar-refractivity contribution in [1.29, 1.82) is 0 Å². The lowest BCUT2D eigenvalue weighted by molar-refractivity contribution is 1.09. The molecule has 1 aromatic carbocycles. The zero-order valence-electron chi connectivity index (χ0n) is 9.86. The largest absolute Gasteiger partial charge is 0.324 e. The summed E-state index contributed by atoms with van der Waals surface area (Å²) in [5.41, 5.74) is 5.52. The molecule has 1 aromatic heterocycles. The Balaban J connectivity index is 2.23. The van der Waals surface area contributed by atoms with Crippen LogP contribution in [0.5, 0.6) is 0 Å². The third-order valence-electron chi connectivity index (χ3n) is 2.31. The van der Waals surface area contributed by atoms with Gasteiger partial charge in [-0.3, -0.25) is 0 Å². The number of anilines is 3. The lowest BCUT2D eigenvalue weighted by atomic mass is 10.2. The van der Waals surface area contributed by atoms with Gasteiger partial charge in [0.2, 0.25) is 5.95 Å². The van der Waals surface area contributed by atoms with Gasteiger partial charge in [0, 0.05) is 17.4 Å². The first-order valence-electron chi connectivity index (χ1n) is 5.33. The second-order valence-electron chi connectivity index (χ2n) is 3.85. The lowest BCUT2D eigenvalue weighted by Crippen LogP contribution is -2.10. The molecule has 4 N–H and O–H groups in total. The van der Waals surface area contributed by atoms with Crippen molar-refractivity contribution in [2.24, 2.45) is 5.84 Å². The molecule has 88 valence electrons. The molecule has 0 amide bonds. The molecule has 2 rings (SSSR count). The third-order valence-corrected chi connectivity index (χ3v) is 2.31. The molecule has 5 nitrogen and oxygen atoms in total. The first-order valence-corrected chi connectivity index (χ1v) is 5.33. The van der Waals surface area contributed by atoms with Crippen molar-refractivity contribution in [1.82, 2.24) is 9.97 Å². The number of nitrogens with zero attached hydrogens (tertiary/aromatic N) is 2. The van der Waals surface area contributed by atoms with Gasteiger partial charge in [0.25, 0.3) is 0 Å². The van der Waals surface area contributed by atoms with E-state index >= 15 is 0 Å². The maximum Gasteiger partial charge on any atom is 0.229 e. The summed E-state index contributed by atoms with van der Waals surface area (Å²) in [6.45, 7) is 3.94. The summed E-state index contributed by atoms with van der Waals surface area (Å²) >= 11 is 0. The van der Waals surface area contributed by atoms with E-state index in [4.69, 9.17) is 5.84 Å². The predicted octanol–water partition coefficient (Wildman–Crippen LogP) is 2.12. The highest BCUT2D eigenvalue weighted by atomic mass is 15.3. The van der Waals surface area contributed by atoms with E-state index in [0.29, 0.717) is 11.8 Å². The first-order chi connectivity index (χ1) is 8.17. The summed E-state index contributed by atoms with van der Waals surface area (Å²) in [5, 5.41) is 3.13. The molecule has 0 aliphatic rings. The van der Waals surface area contributed by atoms with E-state index in [0.717, 1.165) is 11.4 Å². The van der Waals surface area contributed by atoms with Gasteiger partial charge in [-0.05, 0) is 26.0 Å². The molecule has 0 bridgehead atoms. The second-order valence-corrected chi connectivity index (χ2v) is 3.85. The van der Waals surface area contributed by atoms with Gasteiger partial charge in [-0.25, -0.2) is 10.8 Å². The number of aromatic nitrogens is 2. The fourth-order valence-corrected chi connectivity index (χ4v) is 1.46. The minimum Gasteiger partial charge on any atom is -0.324 e. The van der Waals surface area contributed by atoms with Crippen molar-refractivity contribution >= 4 is 17.5 Å². The normalized spacial score (nSPS) is 10.1. The van der Waals surface area contributed by atoms with E-state index in [1.54, 1.807) is 6.07 Å². The fourth-order valence-electron chi connectivity index (χ4n) is 1.46. The number of rotatable bonds is 3. The van der Waals surface area contributed by atoms with Crippen LogP contribution in [0.4, 0.5) is 17.5 Å². The van der Waals surface area contributed by atoms with Crippen LogP contribution in [-0.2, 0) is 0 Å². The van der Waals surface area contributed by atoms with Gasteiger partial charge in [0.05, 0.1) is 0 Å². The summed E-state index contributed by atoms with van der Waals surface area (Å²) in [6, 6.07) is 9.80. The zero-order chi connectivity index (χ0) is 12.3. The SMILES string of the molecule is Cc1ccc(Nc2nc(C)cc(NN)n2)cc1. The average Bonchev–Trinajstić information content (AvgIpc) is 2.31. The van der Waals surface area contributed by atoms with Crippen LogP contribution in [0.25, 0.3) is 0 Å². The molecule has 17 heavy (non-hydrogen) atoms. The minimum absolute atomic E-state index is 0.529. The molecule has 0 atom stereocenters. The van der Waals surface area contributed by atoms with Gasteiger partial charge in [0.15, 0.2) is 0 Å². The summed E-state index contributed by atoms with van der Waals surface area (Å²) in [5.74, 6) is 6.45. The number of benzene rings is 1. The van der Waals surface area contributed by atoms with Gasteiger partial charge in [0.1, 0.15) is 5.82 Å². The van der Waals surface area contributed by atoms with Crippen molar-refractivity contribution < 1.29 is 0 Å². The summed E-state index contributed by atoms with van der Waals surface area (Å²) in [7, 11) is 0. The van der Waals surface area contributed by atoms with Crippen LogP contribution >= 0.6 is 0 Å². The topological polar surface area (TPSA) is 75.9 Å². The van der Waals surface area contributed by atoms with Gasteiger partial charge in [-0.1, -0.05) is 17.7 Å². The van der Waals surface area contributed by atoms with Gasteiger partial charge >= 0.3 is 0 Å². The summed E-state index contributed by atoms with van der Waals surface area (Å²) in [6.07, 6.45) is 0. The van der Waals surface area contributed by atoms with Crippen LogP contribution in [0.2, 0.25) is 0 Å². The highest BCUT2D eigenvalue weighted by molar-refractivity contribution is 5.55. The first kappa shape index (κ1) is 11.3. The molecule has 0 aliphatic heterocycles. The molecule has 0 unspecified atom stereocenters. The Morgan fingerprint density at radius 3 is 2.41 bits per heavy atom. The third kappa shape index (κ3) is 2.92. The van der Waals surface area contributed by atoms with Crippen LogP contribution in [0.3, 0.4) is 0 Å². The maximum atomic E-state index is 5.33. The molecule has 1 heterocycles. The van der Waals surface area contributed by atoms with Gasteiger partial charge < -0.3 is 10.7 Å². The molecular weight excluding hydrogens is 214 g/mol. The van der Waals surface area contributed by atoms with E-state index in [1.807, 2.05) is 38.1 Å². The van der Waals surface area contributed by atoms with Crippen molar-refractivity contribution in [3.63, 3.8) is 0 Å². The molecule has 2 aromatic rings. The predicted molar refractivity (Wildman–Crippen MR) is 69.0 cm³/mol. The van der Waals surface area contributed by atoms with Crippen LogP contribution < -0.4 is 16.6 Å². The maximum absolute atomic E-state index is 5.33. The Labute approximate surface area is 100 Å². The molecule has 0 aliphatic carbocycles. The zero-order valence-corrected chi connectivity index (χ0v) is 9.86. The number of nitrogens with two attached hydrogens (primary N) is 1. The Hall–Kier alpha value is -2.14. The van der Waals surface area contributed by atoms with Gasteiger partial charge in [-0.15, -0.1) is 0 Å². The smallest absolute Gasteiger partial charge is 0.229 e. The second kappa shape index (κ2) is 4.80. The van der Waals surface area contributed by atoms with E-state index in [9.17, 15) is 0 Å². The molecule has 5 heteroatoms. The highest BCUT2D eigenvalue weighted by Gasteiger charge is 2.01. The van der Waals surface area contributed by atoms with E-state index in [-0.39, 0.29) is 0 Å². The van der Waals surface area contributed by atoms with Crippen LogP contribution in [0, 0.1) is 13.8 Å².